The number of hydrogen-bond acceptors (Lipinski definition) is 3. The van der Waals surface area contributed by atoms with Crippen molar-refractivity contribution >= 4 is 18.0 Å². The minimum Gasteiger partial charge on any atom is -0.457 e. The zero-order valence-corrected chi connectivity index (χ0v) is 16.3. The third-order valence-electron chi connectivity index (χ3n) is 4.25. The maximum atomic E-state index is 13.5. The van der Waals surface area contributed by atoms with Gasteiger partial charge in [-0.05, 0) is 44.0 Å². The monoisotopic (exact) mass is 392 g/mol. The second-order valence-corrected chi connectivity index (χ2v) is 6.56. The summed E-state index contributed by atoms with van der Waals surface area (Å²) in [5.41, 5.74) is 0.860. The minimum atomic E-state index is -4.64. The van der Waals surface area contributed by atoms with E-state index in [9.17, 15) is 18.0 Å². The fraction of sp³-hybridized carbons (Fsp3) is 0.333. The quantitative estimate of drug-likeness (QED) is 0.381. The smallest absolute Gasteiger partial charge is 0.418 e. The van der Waals surface area contributed by atoms with Crippen LogP contribution in [-0.2, 0) is 17.5 Å². The molecule has 2 aromatic rings. The zero-order valence-electron chi connectivity index (χ0n) is 16.3. The molecule has 0 radical (unpaired) electrons. The van der Waals surface area contributed by atoms with Gasteiger partial charge >= 0.3 is 12.1 Å². The van der Waals surface area contributed by atoms with Crippen LogP contribution < -0.4 is 0 Å². The van der Waals surface area contributed by atoms with Crippen molar-refractivity contribution in [3.63, 3.8) is 0 Å². The van der Waals surface area contributed by atoms with E-state index in [1.807, 2.05) is 26.0 Å². The molecule has 2 rings (SSSR count). The van der Waals surface area contributed by atoms with E-state index in [-0.39, 0.29) is 17.9 Å². The number of benzene rings is 2. The van der Waals surface area contributed by atoms with Gasteiger partial charge in [-0.3, -0.25) is 0 Å². The summed E-state index contributed by atoms with van der Waals surface area (Å²) in [4.78, 5) is 18.0. The van der Waals surface area contributed by atoms with Crippen LogP contribution in [0.25, 0.3) is 0 Å². The van der Waals surface area contributed by atoms with Crippen LogP contribution in [0.2, 0.25) is 0 Å². The van der Waals surface area contributed by atoms with Crippen molar-refractivity contribution in [1.82, 2.24) is 4.90 Å². The molecule has 0 atom stereocenters. The Kier molecular flexibility index (Phi) is 6.83. The second-order valence-electron chi connectivity index (χ2n) is 6.56. The topological polar surface area (TPSA) is 41.9 Å². The van der Waals surface area contributed by atoms with Gasteiger partial charge in [0.1, 0.15) is 6.61 Å². The third kappa shape index (κ3) is 5.58. The lowest BCUT2D eigenvalue weighted by Crippen LogP contribution is -2.15. The summed E-state index contributed by atoms with van der Waals surface area (Å²) in [6.45, 7) is 5.94. The van der Waals surface area contributed by atoms with Gasteiger partial charge in [-0.15, -0.1) is 0 Å². The van der Waals surface area contributed by atoms with E-state index in [4.69, 9.17) is 4.74 Å². The van der Waals surface area contributed by atoms with Crippen molar-refractivity contribution in [2.24, 2.45) is 4.99 Å². The average Bonchev–Trinajstić information content (AvgIpc) is 2.64. The highest BCUT2D eigenvalue weighted by atomic mass is 19.4. The number of hydrogen-bond donors (Lipinski definition) is 0. The Balaban J connectivity index is 2.29. The van der Waals surface area contributed by atoms with Crippen LogP contribution in [-0.4, -0.2) is 30.8 Å². The Hall–Kier alpha value is -2.83. The summed E-state index contributed by atoms with van der Waals surface area (Å²) in [5, 5.41) is 0. The first kappa shape index (κ1) is 21.5. The van der Waals surface area contributed by atoms with Crippen LogP contribution in [0.1, 0.15) is 39.5 Å². The van der Waals surface area contributed by atoms with Crippen molar-refractivity contribution in [1.29, 1.82) is 0 Å². The fourth-order valence-corrected chi connectivity index (χ4v) is 2.40. The van der Waals surface area contributed by atoms with Gasteiger partial charge in [-0.1, -0.05) is 29.8 Å². The SMILES string of the molecule is CCN(C)/C=N/c1cc(C)c(C(=O)OCc2ccc(C)cc2)cc1C(F)(F)F. The lowest BCUT2D eigenvalue weighted by atomic mass is 10.0. The number of esters is 1. The van der Waals surface area contributed by atoms with Crippen LogP contribution in [0.4, 0.5) is 18.9 Å². The van der Waals surface area contributed by atoms with E-state index in [0.29, 0.717) is 12.1 Å². The van der Waals surface area contributed by atoms with E-state index >= 15 is 0 Å². The van der Waals surface area contributed by atoms with Crippen LogP contribution in [0.3, 0.4) is 0 Å². The van der Waals surface area contributed by atoms with Gasteiger partial charge in [0.25, 0.3) is 0 Å². The Morgan fingerprint density at radius 2 is 1.82 bits per heavy atom. The van der Waals surface area contributed by atoms with Gasteiger partial charge in [-0.2, -0.15) is 13.2 Å². The van der Waals surface area contributed by atoms with Gasteiger partial charge < -0.3 is 9.64 Å². The maximum Gasteiger partial charge on any atom is 0.418 e. The number of carbonyl (C=O) groups excluding carboxylic acids is 1. The molecule has 0 saturated heterocycles. The highest BCUT2D eigenvalue weighted by Crippen LogP contribution is 2.38. The lowest BCUT2D eigenvalue weighted by molar-refractivity contribution is -0.137. The molecule has 0 unspecified atom stereocenters. The number of halogens is 3. The van der Waals surface area contributed by atoms with Gasteiger partial charge in [-0.25, -0.2) is 9.79 Å². The summed E-state index contributed by atoms with van der Waals surface area (Å²) in [6, 6.07) is 9.42. The first-order valence-electron chi connectivity index (χ1n) is 8.80. The molecule has 0 aliphatic carbocycles. The molecule has 0 N–H and O–H groups in total. The molecule has 0 fully saturated rings. The summed E-state index contributed by atoms with van der Waals surface area (Å²) < 4.78 is 45.6. The zero-order chi connectivity index (χ0) is 20.9. The average molecular weight is 392 g/mol. The van der Waals surface area contributed by atoms with Crippen LogP contribution in [0, 0.1) is 13.8 Å². The molecule has 0 aliphatic rings. The van der Waals surface area contributed by atoms with E-state index in [2.05, 4.69) is 4.99 Å². The molecule has 0 bridgehead atoms. The van der Waals surface area contributed by atoms with Crippen LogP contribution >= 0.6 is 0 Å². The number of alkyl halides is 3. The molecular weight excluding hydrogens is 369 g/mol. The lowest BCUT2D eigenvalue weighted by Gasteiger charge is -2.15. The first-order valence-corrected chi connectivity index (χ1v) is 8.80. The predicted octanol–water partition coefficient (Wildman–Crippen LogP) is 5.29. The predicted molar refractivity (Wildman–Crippen MR) is 103 cm³/mol. The molecule has 0 saturated carbocycles. The molecule has 0 amide bonds. The fourth-order valence-electron chi connectivity index (χ4n) is 2.40. The number of nitrogens with zero attached hydrogens (tertiary/aromatic N) is 2. The molecule has 2 aromatic carbocycles. The Morgan fingerprint density at radius 3 is 2.39 bits per heavy atom. The van der Waals surface area contributed by atoms with E-state index in [0.717, 1.165) is 17.2 Å². The Labute approximate surface area is 162 Å². The minimum absolute atomic E-state index is 0.0128. The number of aryl methyl sites for hydroxylation is 2. The molecule has 0 aromatic heterocycles. The Morgan fingerprint density at radius 1 is 1.18 bits per heavy atom. The van der Waals surface area contributed by atoms with E-state index < -0.39 is 17.7 Å². The van der Waals surface area contributed by atoms with Gasteiger partial charge in [0.15, 0.2) is 0 Å². The van der Waals surface area contributed by atoms with Crippen molar-refractivity contribution in [3.8, 4) is 0 Å². The highest BCUT2D eigenvalue weighted by molar-refractivity contribution is 5.92. The van der Waals surface area contributed by atoms with Crippen molar-refractivity contribution in [2.45, 2.75) is 33.6 Å². The normalized spacial score (nSPS) is 11.7. The summed E-state index contributed by atoms with van der Waals surface area (Å²) >= 11 is 0. The molecule has 28 heavy (non-hydrogen) atoms. The largest absolute Gasteiger partial charge is 0.457 e. The summed E-state index contributed by atoms with van der Waals surface area (Å²) in [7, 11) is 1.71. The van der Waals surface area contributed by atoms with Crippen molar-refractivity contribution < 1.29 is 22.7 Å². The Bertz CT molecular complexity index is 859. The number of carbonyl (C=O) groups is 1. The van der Waals surface area contributed by atoms with Crippen molar-refractivity contribution in [2.75, 3.05) is 13.6 Å². The first-order chi connectivity index (χ1) is 13.1. The molecule has 0 spiro atoms. The third-order valence-corrected chi connectivity index (χ3v) is 4.25. The highest BCUT2D eigenvalue weighted by Gasteiger charge is 2.35. The van der Waals surface area contributed by atoms with E-state index in [1.165, 1.54) is 12.4 Å². The number of ether oxygens (including phenoxy) is 1. The summed E-state index contributed by atoms with van der Waals surface area (Å²) in [6.07, 6.45) is -3.31. The van der Waals surface area contributed by atoms with Gasteiger partial charge in [0.05, 0.1) is 23.2 Å². The molecule has 4 nitrogen and oxygen atoms in total. The molecule has 0 aliphatic heterocycles. The van der Waals surface area contributed by atoms with Crippen molar-refractivity contribution in [3.05, 3.63) is 64.2 Å². The molecule has 0 heterocycles. The van der Waals surface area contributed by atoms with Crippen LogP contribution in [0.5, 0.6) is 0 Å². The number of aliphatic imine (C=N–C) groups is 1. The molecule has 7 heteroatoms. The number of rotatable bonds is 6. The van der Waals surface area contributed by atoms with E-state index in [1.54, 1.807) is 31.0 Å². The molecular formula is C21H23F3N2O2. The summed E-state index contributed by atoms with van der Waals surface area (Å²) in [5.74, 6) is -0.801. The van der Waals surface area contributed by atoms with Gasteiger partial charge in [0, 0.05) is 13.6 Å². The molecule has 150 valence electrons. The van der Waals surface area contributed by atoms with Gasteiger partial charge in [0.2, 0.25) is 0 Å². The van der Waals surface area contributed by atoms with Crippen LogP contribution in [0.15, 0.2) is 41.4 Å². The maximum absolute atomic E-state index is 13.5. The second kappa shape index (κ2) is 8.91. The standard InChI is InChI=1S/C21H23F3N2O2/c1-5-26(4)13-25-19-10-15(3)17(11-18(19)21(22,23)24)20(27)28-12-16-8-6-14(2)7-9-16/h6-11,13H,5,12H2,1-4H3/b25-13+.